The Kier molecular flexibility index (Phi) is 7.94. The Balaban J connectivity index is 1.73. The van der Waals surface area contributed by atoms with Gasteiger partial charge in [-0.3, -0.25) is 5.32 Å². The summed E-state index contributed by atoms with van der Waals surface area (Å²) in [5.74, 6) is -0.141. The van der Waals surface area contributed by atoms with Gasteiger partial charge in [0, 0.05) is 16.5 Å². The third-order valence-electron chi connectivity index (χ3n) is 5.17. The van der Waals surface area contributed by atoms with Crippen LogP contribution in [0.4, 0.5) is 14.9 Å². The summed E-state index contributed by atoms with van der Waals surface area (Å²) in [6.45, 7) is 1.19. The Hall–Kier alpha value is -3.00. The molecule has 1 saturated heterocycles. The van der Waals surface area contributed by atoms with Crippen LogP contribution in [0.3, 0.4) is 0 Å². The van der Waals surface area contributed by atoms with E-state index in [2.05, 4.69) is 27.3 Å². The van der Waals surface area contributed by atoms with Crippen LogP contribution in [0.1, 0.15) is 19.3 Å². The lowest BCUT2D eigenvalue weighted by atomic mass is 10.0. The largest absolute Gasteiger partial charge is 0.487 e. The number of rotatable bonds is 8. The van der Waals surface area contributed by atoms with Crippen molar-refractivity contribution in [2.75, 3.05) is 32.2 Å². The fraction of sp³-hybridized carbons (Fsp3) is 0.381. The van der Waals surface area contributed by atoms with E-state index >= 15 is 0 Å². The lowest BCUT2D eigenvalue weighted by Crippen LogP contribution is -2.27. The van der Waals surface area contributed by atoms with Gasteiger partial charge in [-0.1, -0.05) is 22.8 Å². The molecule has 1 fully saturated rings. The molecule has 0 radical (unpaired) electrons. The zero-order valence-electron chi connectivity index (χ0n) is 17.1. The van der Waals surface area contributed by atoms with E-state index in [4.69, 9.17) is 26.6 Å². The van der Waals surface area contributed by atoms with Crippen molar-refractivity contribution in [2.24, 2.45) is 5.11 Å². The Bertz CT molecular complexity index is 983. The standard InChI is InChI=1S/C21H23ClFN5O3/c1-28-9-2-3-15(28)8-10-30-21(29)26-20-7-5-16(31-13-25-27-24)12-17(20)14-4-6-19(23)18(22)11-14/h4-7,11-12,15H,2-3,8-10,13H2,1H3,(H,26,29). The molecule has 1 aliphatic rings. The molecule has 0 bridgehead atoms. The number of hydrogen-bond donors (Lipinski definition) is 1. The second-order valence-electron chi connectivity index (χ2n) is 7.17. The van der Waals surface area contributed by atoms with Crippen LogP contribution >= 0.6 is 11.6 Å². The molecule has 0 spiro atoms. The molecule has 3 rings (SSSR count). The molecular formula is C21H23ClFN5O3. The van der Waals surface area contributed by atoms with Crippen molar-refractivity contribution in [1.82, 2.24) is 4.90 Å². The minimum Gasteiger partial charge on any atom is -0.487 e. The van der Waals surface area contributed by atoms with E-state index in [-0.39, 0.29) is 11.8 Å². The van der Waals surface area contributed by atoms with Gasteiger partial charge in [0.1, 0.15) is 11.6 Å². The maximum Gasteiger partial charge on any atom is 0.411 e. The van der Waals surface area contributed by atoms with E-state index in [0.29, 0.717) is 35.2 Å². The topological polar surface area (TPSA) is 99.6 Å². The zero-order valence-corrected chi connectivity index (χ0v) is 17.8. The molecule has 1 aliphatic heterocycles. The molecule has 1 unspecified atom stereocenters. The molecule has 1 heterocycles. The number of azide groups is 1. The van der Waals surface area contributed by atoms with Crippen molar-refractivity contribution in [2.45, 2.75) is 25.3 Å². The van der Waals surface area contributed by atoms with Gasteiger partial charge in [0.05, 0.1) is 17.3 Å². The minimum absolute atomic E-state index is 0.0490. The summed E-state index contributed by atoms with van der Waals surface area (Å²) in [7, 11) is 2.07. The van der Waals surface area contributed by atoms with Gasteiger partial charge >= 0.3 is 6.09 Å². The van der Waals surface area contributed by atoms with Crippen LogP contribution in [-0.2, 0) is 4.74 Å². The Labute approximate surface area is 184 Å². The Morgan fingerprint density at radius 2 is 2.23 bits per heavy atom. The highest BCUT2D eigenvalue weighted by atomic mass is 35.5. The number of benzene rings is 2. The van der Waals surface area contributed by atoms with E-state index in [1.807, 2.05) is 0 Å². The number of anilines is 1. The molecule has 10 heteroatoms. The van der Waals surface area contributed by atoms with Crippen molar-refractivity contribution < 1.29 is 18.7 Å². The van der Waals surface area contributed by atoms with Gasteiger partial charge in [-0.2, -0.15) is 0 Å². The monoisotopic (exact) mass is 447 g/mol. The average Bonchev–Trinajstić information content (AvgIpc) is 3.16. The lowest BCUT2D eigenvalue weighted by Gasteiger charge is -2.19. The van der Waals surface area contributed by atoms with Crippen LogP contribution in [0.5, 0.6) is 5.75 Å². The first kappa shape index (κ1) is 22.7. The number of nitrogens with zero attached hydrogens (tertiary/aromatic N) is 4. The summed E-state index contributed by atoms with van der Waals surface area (Å²) in [5.41, 5.74) is 9.96. The van der Waals surface area contributed by atoms with Crippen LogP contribution < -0.4 is 10.1 Å². The molecule has 31 heavy (non-hydrogen) atoms. The quantitative estimate of drug-likeness (QED) is 0.312. The summed E-state index contributed by atoms with van der Waals surface area (Å²) in [6, 6.07) is 9.55. The first-order chi connectivity index (χ1) is 15.0. The number of carbonyl (C=O) groups excluding carboxylic acids is 1. The van der Waals surface area contributed by atoms with Crippen molar-refractivity contribution in [1.29, 1.82) is 0 Å². The van der Waals surface area contributed by atoms with Crippen LogP contribution in [0, 0.1) is 5.82 Å². The van der Waals surface area contributed by atoms with Crippen molar-refractivity contribution in [3.8, 4) is 16.9 Å². The first-order valence-corrected chi connectivity index (χ1v) is 10.2. The zero-order chi connectivity index (χ0) is 22.2. The van der Waals surface area contributed by atoms with Gasteiger partial charge in [-0.25, -0.2) is 9.18 Å². The summed E-state index contributed by atoms with van der Waals surface area (Å²) < 4.78 is 24.3. The van der Waals surface area contributed by atoms with Crippen molar-refractivity contribution >= 4 is 23.4 Å². The van der Waals surface area contributed by atoms with Gasteiger partial charge in [0.25, 0.3) is 0 Å². The number of nitrogens with one attached hydrogen (secondary N) is 1. The van der Waals surface area contributed by atoms with Gasteiger partial charge in [0.2, 0.25) is 0 Å². The fourth-order valence-corrected chi connectivity index (χ4v) is 3.71. The van der Waals surface area contributed by atoms with Crippen LogP contribution in [-0.4, -0.2) is 44.0 Å². The lowest BCUT2D eigenvalue weighted by molar-refractivity contribution is 0.147. The predicted octanol–water partition coefficient (Wildman–Crippen LogP) is 5.83. The van der Waals surface area contributed by atoms with E-state index in [9.17, 15) is 9.18 Å². The van der Waals surface area contributed by atoms with Crippen LogP contribution in [0.2, 0.25) is 5.02 Å². The van der Waals surface area contributed by atoms with E-state index < -0.39 is 11.9 Å². The molecule has 1 atom stereocenters. The highest BCUT2D eigenvalue weighted by Gasteiger charge is 2.21. The van der Waals surface area contributed by atoms with Gasteiger partial charge in [-0.05, 0) is 74.3 Å². The molecule has 1 amide bonds. The molecule has 1 N–H and O–H groups in total. The Morgan fingerprint density at radius 1 is 1.39 bits per heavy atom. The number of amides is 1. The number of halogens is 2. The number of likely N-dealkylation sites (tertiary alicyclic amines) is 1. The summed E-state index contributed by atoms with van der Waals surface area (Å²) in [5, 5.41) is 6.01. The van der Waals surface area contributed by atoms with Gasteiger partial charge in [-0.15, -0.1) is 0 Å². The average molecular weight is 448 g/mol. The molecule has 2 aromatic rings. The molecule has 8 nitrogen and oxygen atoms in total. The minimum atomic E-state index is -0.585. The molecule has 0 aromatic heterocycles. The van der Waals surface area contributed by atoms with Crippen LogP contribution in [0.15, 0.2) is 41.5 Å². The summed E-state index contributed by atoms with van der Waals surface area (Å²) >= 11 is 5.93. The highest BCUT2D eigenvalue weighted by Crippen LogP contribution is 2.34. The van der Waals surface area contributed by atoms with Gasteiger partial charge < -0.3 is 14.4 Å². The van der Waals surface area contributed by atoms with E-state index in [1.165, 1.54) is 12.1 Å². The van der Waals surface area contributed by atoms with E-state index in [1.54, 1.807) is 24.3 Å². The second kappa shape index (κ2) is 10.9. The third-order valence-corrected chi connectivity index (χ3v) is 5.46. The van der Waals surface area contributed by atoms with Crippen molar-refractivity contribution in [3.63, 3.8) is 0 Å². The third kappa shape index (κ3) is 6.24. The molecular weight excluding hydrogens is 425 g/mol. The normalized spacial score (nSPS) is 15.9. The summed E-state index contributed by atoms with van der Waals surface area (Å²) in [4.78, 5) is 17.3. The van der Waals surface area contributed by atoms with Crippen LogP contribution in [0.25, 0.3) is 21.6 Å². The SMILES string of the molecule is CN1CCCC1CCOC(=O)Nc1ccc(OCN=[N+]=[N-])cc1-c1ccc(F)c(Cl)c1. The van der Waals surface area contributed by atoms with E-state index in [0.717, 1.165) is 25.8 Å². The molecule has 0 saturated carbocycles. The number of ether oxygens (including phenoxy) is 2. The first-order valence-electron chi connectivity index (χ1n) is 9.85. The molecule has 164 valence electrons. The summed E-state index contributed by atoms with van der Waals surface area (Å²) in [6.07, 6.45) is 2.45. The second-order valence-corrected chi connectivity index (χ2v) is 7.57. The van der Waals surface area contributed by atoms with Crippen molar-refractivity contribution in [3.05, 3.63) is 57.7 Å². The molecule has 2 aromatic carbocycles. The smallest absolute Gasteiger partial charge is 0.411 e. The highest BCUT2D eigenvalue weighted by molar-refractivity contribution is 6.31. The fourth-order valence-electron chi connectivity index (χ4n) is 3.53. The maximum atomic E-state index is 13.6. The van der Waals surface area contributed by atoms with Gasteiger partial charge in [0.15, 0.2) is 6.73 Å². The number of carbonyl (C=O) groups is 1. The Morgan fingerprint density at radius 3 is 2.94 bits per heavy atom. The molecule has 0 aliphatic carbocycles. The number of hydrogen-bond acceptors (Lipinski definition) is 5. The predicted molar refractivity (Wildman–Crippen MR) is 117 cm³/mol. The maximum absolute atomic E-state index is 13.6.